The Balaban J connectivity index is 2.40. The maximum atomic E-state index is 12.4. The highest BCUT2D eigenvalue weighted by Crippen LogP contribution is 2.25. The molecule has 106 valence electrons. The molecule has 0 aliphatic rings. The van der Waals surface area contributed by atoms with Crippen LogP contribution in [-0.4, -0.2) is 20.1 Å². The van der Waals surface area contributed by atoms with Crippen molar-refractivity contribution in [2.24, 2.45) is 7.05 Å². The van der Waals surface area contributed by atoms with Crippen LogP contribution in [0.25, 0.3) is 0 Å². The van der Waals surface area contributed by atoms with Gasteiger partial charge in [-0.3, -0.25) is 4.79 Å². The molecule has 0 amide bonds. The third-order valence-electron chi connectivity index (χ3n) is 2.93. The monoisotopic (exact) mass is 293 g/mol. The number of sulfone groups is 1. The fraction of sp³-hybridized carbons (Fsp3) is 0.214. The summed E-state index contributed by atoms with van der Waals surface area (Å²) in [6.07, 6.45) is 1.55. The molecular weight excluding hydrogens is 278 g/mol. The highest BCUT2D eigenvalue weighted by Gasteiger charge is 2.19. The predicted molar refractivity (Wildman–Crippen MR) is 75.6 cm³/mol. The van der Waals surface area contributed by atoms with Gasteiger partial charge in [0, 0.05) is 19.3 Å². The first-order chi connectivity index (χ1) is 9.44. The van der Waals surface area contributed by atoms with E-state index in [9.17, 15) is 13.2 Å². The number of methoxy groups -OCH3 is 1. The van der Waals surface area contributed by atoms with Crippen LogP contribution < -0.4 is 10.3 Å². The molecule has 0 saturated carbocycles. The van der Waals surface area contributed by atoms with Crippen LogP contribution in [0.1, 0.15) is 5.56 Å². The van der Waals surface area contributed by atoms with Crippen LogP contribution in [-0.2, 0) is 22.6 Å². The number of rotatable bonds is 4. The van der Waals surface area contributed by atoms with Crippen molar-refractivity contribution in [3.63, 3.8) is 0 Å². The molecule has 0 atom stereocenters. The summed E-state index contributed by atoms with van der Waals surface area (Å²) in [4.78, 5) is 11.7. The first-order valence-electron chi connectivity index (χ1n) is 5.95. The summed E-state index contributed by atoms with van der Waals surface area (Å²) in [6, 6.07) is 9.38. The van der Waals surface area contributed by atoms with E-state index in [4.69, 9.17) is 4.74 Å². The zero-order chi connectivity index (χ0) is 14.8. The lowest BCUT2D eigenvalue weighted by atomic mass is 10.3. The Morgan fingerprint density at radius 3 is 2.55 bits per heavy atom. The molecule has 5 nitrogen and oxygen atoms in total. The van der Waals surface area contributed by atoms with Crippen molar-refractivity contribution in [2.75, 3.05) is 7.11 Å². The lowest BCUT2D eigenvalue weighted by molar-refractivity contribution is 0.402. The van der Waals surface area contributed by atoms with Gasteiger partial charge in [-0.1, -0.05) is 12.1 Å². The van der Waals surface area contributed by atoms with Gasteiger partial charge in [-0.05, 0) is 23.8 Å². The van der Waals surface area contributed by atoms with Crippen LogP contribution in [0.5, 0.6) is 5.75 Å². The van der Waals surface area contributed by atoms with E-state index in [1.807, 2.05) is 0 Å². The van der Waals surface area contributed by atoms with Gasteiger partial charge in [0.15, 0.2) is 9.84 Å². The molecule has 0 radical (unpaired) electrons. The van der Waals surface area contributed by atoms with Gasteiger partial charge in [0.1, 0.15) is 10.6 Å². The van der Waals surface area contributed by atoms with Gasteiger partial charge in [0.25, 0.3) is 5.56 Å². The van der Waals surface area contributed by atoms with Crippen molar-refractivity contribution in [2.45, 2.75) is 10.6 Å². The molecule has 0 saturated heterocycles. The molecule has 0 fully saturated rings. The van der Waals surface area contributed by atoms with Gasteiger partial charge < -0.3 is 9.30 Å². The average molecular weight is 293 g/mol. The SMILES string of the molecule is COc1ccccc1S(=O)(=O)Cc1ccn(C)c(=O)c1. The van der Waals surface area contributed by atoms with Crippen molar-refractivity contribution in [1.82, 2.24) is 4.57 Å². The van der Waals surface area contributed by atoms with Crippen molar-refractivity contribution < 1.29 is 13.2 Å². The second kappa shape index (κ2) is 5.50. The summed E-state index contributed by atoms with van der Waals surface area (Å²) < 4.78 is 31.2. The number of para-hydroxylation sites is 1. The molecule has 0 aliphatic heterocycles. The van der Waals surface area contributed by atoms with Gasteiger partial charge in [-0.25, -0.2) is 8.42 Å². The zero-order valence-electron chi connectivity index (χ0n) is 11.2. The molecule has 0 bridgehead atoms. The van der Waals surface area contributed by atoms with E-state index < -0.39 is 9.84 Å². The fourth-order valence-electron chi connectivity index (χ4n) is 1.85. The Hall–Kier alpha value is -2.08. The smallest absolute Gasteiger partial charge is 0.250 e. The van der Waals surface area contributed by atoms with E-state index in [0.29, 0.717) is 11.3 Å². The van der Waals surface area contributed by atoms with Crippen LogP contribution in [0.4, 0.5) is 0 Å². The van der Waals surface area contributed by atoms with E-state index in [0.717, 1.165) is 0 Å². The predicted octanol–water partition coefficient (Wildman–Crippen LogP) is 1.37. The molecule has 2 aromatic rings. The second-order valence-electron chi connectivity index (χ2n) is 4.39. The van der Waals surface area contributed by atoms with Crippen molar-refractivity contribution >= 4 is 9.84 Å². The molecule has 0 spiro atoms. The number of hydrogen-bond acceptors (Lipinski definition) is 4. The van der Waals surface area contributed by atoms with Gasteiger partial charge in [0.2, 0.25) is 0 Å². The number of benzene rings is 1. The highest BCUT2D eigenvalue weighted by molar-refractivity contribution is 7.90. The maximum absolute atomic E-state index is 12.4. The van der Waals surface area contributed by atoms with Gasteiger partial charge in [-0.15, -0.1) is 0 Å². The average Bonchev–Trinajstić information content (AvgIpc) is 2.42. The maximum Gasteiger partial charge on any atom is 0.250 e. The van der Waals surface area contributed by atoms with Gasteiger partial charge >= 0.3 is 0 Å². The minimum Gasteiger partial charge on any atom is -0.495 e. The number of nitrogens with zero attached hydrogens (tertiary/aromatic N) is 1. The lowest BCUT2D eigenvalue weighted by Gasteiger charge is -2.09. The molecule has 20 heavy (non-hydrogen) atoms. The summed E-state index contributed by atoms with van der Waals surface area (Å²) >= 11 is 0. The Morgan fingerprint density at radius 1 is 1.20 bits per heavy atom. The first kappa shape index (κ1) is 14.3. The number of aryl methyl sites for hydroxylation is 1. The van der Waals surface area contributed by atoms with Gasteiger partial charge in [0.05, 0.1) is 12.9 Å². The van der Waals surface area contributed by atoms with Crippen molar-refractivity contribution in [3.05, 3.63) is 58.5 Å². The van der Waals surface area contributed by atoms with E-state index in [1.54, 1.807) is 37.5 Å². The minimum absolute atomic E-state index is 0.128. The van der Waals surface area contributed by atoms with Crippen LogP contribution in [0.15, 0.2) is 52.3 Å². The molecule has 0 aliphatic carbocycles. The minimum atomic E-state index is -3.56. The second-order valence-corrected chi connectivity index (χ2v) is 6.35. The third kappa shape index (κ3) is 2.91. The van der Waals surface area contributed by atoms with E-state index >= 15 is 0 Å². The van der Waals surface area contributed by atoms with Crippen molar-refractivity contribution in [1.29, 1.82) is 0 Å². The Kier molecular flexibility index (Phi) is 3.94. The summed E-state index contributed by atoms with van der Waals surface area (Å²) in [7, 11) is -0.524. The van der Waals surface area contributed by atoms with Gasteiger partial charge in [-0.2, -0.15) is 0 Å². The van der Waals surface area contributed by atoms with E-state index in [-0.39, 0.29) is 16.2 Å². The summed E-state index contributed by atoms with van der Waals surface area (Å²) in [5, 5.41) is 0. The zero-order valence-corrected chi connectivity index (χ0v) is 12.1. The molecule has 1 heterocycles. The third-order valence-corrected chi connectivity index (χ3v) is 4.65. The normalized spacial score (nSPS) is 11.3. The highest BCUT2D eigenvalue weighted by atomic mass is 32.2. The Labute approximate surface area is 117 Å². The molecule has 0 unspecified atom stereocenters. The summed E-state index contributed by atoms with van der Waals surface area (Å²) in [5.41, 5.74) is 0.219. The first-order valence-corrected chi connectivity index (χ1v) is 7.60. The fourth-order valence-corrected chi connectivity index (χ4v) is 3.37. The molecular formula is C14H15NO4S. The molecule has 2 rings (SSSR count). The van der Waals surface area contributed by atoms with Crippen LogP contribution in [0, 0.1) is 0 Å². The largest absolute Gasteiger partial charge is 0.495 e. The molecule has 1 aromatic heterocycles. The number of ether oxygens (including phenoxy) is 1. The van der Waals surface area contributed by atoms with Crippen LogP contribution >= 0.6 is 0 Å². The topological polar surface area (TPSA) is 65.4 Å². The van der Waals surface area contributed by atoms with Crippen molar-refractivity contribution in [3.8, 4) is 5.75 Å². The quantitative estimate of drug-likeness (QED) is 0.854. The number of aromatic nitrogens is 1. The Bertz CT molecular complexity index is 778. The standard InChI is InChI=1S/C14H15NO4S/c1-15-8-7-11(9-14(15)16)10-20(17,18)13-6-4-3-5-12(13)19-2/h3-9H,10H2,1-2H3. The lowest BCUT2D eigenvalue weighted by Crippen LogP contribution is -2.16. The summed E-state index contributed by atoms with van der Waals surface area (Å²) in [6.45, 7) is 0. The molecule has 1 aromatic carbocycles. The number of pyridine rings is 1. The molecule has 0 N–H and O–H groups in total. The van der Waals surface area contributed by atoms with E-state index in [2.05, 4.69) is 0 Å². The molecule has 6 heteroatoms. The van der Waals surface area contributed by atoms with E-state index in [1.165, 1.54) is 23.8 Å². The van der Waals surface area contributed by atoms with Crippen LogP contribution in [0.3, 0.4) is 0 Å². The Morgan fingerprint density at radius 2 is 1.90 bits per heavy atom. The van der Waals surface area contributed by atoms with Crippen LogP contribution in [0.2, 0.25) is 0 Å². The summed E-state index contributed by atoms with van der Waals surface area (Å²) in [5.74, 6) is 0.0695. The number of hydrogen-bond donors (Lipinski definition) is 0.